The summed E-state index contributed by atoms with van der Waals surface area (Å²) in [6.45, 7) is 9.69. The van der Waals surface area contributed by atoms with E-state index in [0.29, 0.717) is 5.56 Å². The van der Waals surface area contributed by atoms with E-state index in [9.17, 15) is 24.8 Å². The SMILES string of the molecule is CC(C)NC(=O)C(c1ccc(O)cc1)N(CC#N)C(=O)C(C)NC(=O)OC(C)(C)C. The molecular weight excluding hydrogens is 388 g/mol. The van der Waals surface area contributed by atoms with Crippen LogP contribution in [0.15, 0.2) is 24.3 Å². The van der Waals surface area contributed by atoms with Gasteiger partial charge in [0, 0.05) is 6.04 Å². The third-order valence-corrected chi connectivity index (χ3v) is 3.83. The lowest BCUT2D eigenvalue weighted by molar-refractivity contribution is -0.141. The molecule has 3 amide bonds. The Labute approximate surface area is 177 Å². The number of benzene rings is 1. The zero-order valence-electron chi connectivity index (χ0n) is 18.2. The largest absolute Gasteiger partial charge is 0.508 e. The Bertz CT molecular complexity index is 793. The molecule has 2 atom stereocenters. The van der Waals surface area contributed by atoms with Crippen molar-refractivity contribution in [3.8, 4) is 11.8 Å². The molecule has 0 aliphatic heterocycles. The Balaban J connectivity index is 3.21. The van der Waals surface area contributed by atoms with Crippen LogP contribution in [-0.4, -0.2) is 52.1 Å². The summed E-state index contributed by atoms with van der Waals surface area (Å²) in [7, 11) is 0. The van der Waals surface area contributed by atoms with Gasteiger partial charge in [0.05, 0.1) is 6.07 Å². The Morgan fingerprint density at radius 1 is 1.13 bits per heavy atom. The van der Waals surface area contributed by atoms with E-state index in [0.717, 1.165) is 4.90 Å². The van der Waals surface area contributed by atoms with Crippen molar-refractivity contribution in [2.24, 2.45) is 0 Å². The number of carbonyl (C=O) groups excluding carboxylic acids is 3. The molecule has 0 fully saturated rings. The van der Waals surface area contributed by atoms with Crippen LogP contribution in [0.3, 0.4) is 0 Å². The van der Waals surface area contributed by atoms with Crippen LogP contribution in [-0.2, 0) is 14.3 Å². The van der Waals surface area contributed by atoms with E-state index in [4.69, 9.17) is 4.74 Å². The average Bonchev–Trinajstić information content (AvgIpc) is 2.59. The fraction of sp³-hybridized carbons (Fsp3) is 0.524. The molecule has 0 saturated heterocycles. The Morgan fingerprint density at radius 2 is 1.70 bits per heavy atom. The van der Waals surface area contributed by atoms with Crippen molar-refractivity contribution in [3.63, 3.8) is 0 Å². The van der Waals surface area contributed by atoms with Crippen molar-refractivity contribution in [1.29, 1.82) is 5.26 Å². The van der Waals surface area contributed by atoms with Gasteiger partial charge in [-0.2, -0.15) is 5.26 Å². The highest BCUT2D eigenvalue weighted by Gasteiger charge is 2.34. The van der Waals surface area contributed by atoms with Crippen LogP contribution in [0.2, 0.25) is 0 Å². The van der Waals surface area contributed by atoms with Crippen molar-refractivity contribution < 1.29 is 24.2 Å². The quantitative estimate of drug-likeness (QED) is 0.582. The van der Waals surface area contributed by atoms with E-state index in [-0.39, 0.29) is 18.3 Å². The minimum atomic E-state index is -1.12. The summed E-state index contributed by atoms with van der Waals surface area (Å²) in [6.07, 6.45) is -0.784. The lowest BCUT2D eigenvalue weighted by Gasteiger charge is -2.32. The second-order valence-electron chi connectivity index (χ2n) is 8.15. The summed E-state index contributed by atoms with van der Waals surface area (Å²) in [5.41, 5.74) is -0.329. The zero-order valence-corrected chi connectivity index (χ0v) is 18.2. The number of phenols is 1. The topological polar surface area (TPSA) is 132 Å². The number of hydrogen-bond donors (Lipinski definition) is 3. The number of carbonyl (C=O) groups is 3. The monoisotopic (exact) mass is 418 g/mol. The second kappa shape index (κ2) is 10.5. The van der Waals surface area contributed by atoms with E-state index >= 15 is 0 Å². The molecule has 1 aromatic rings. The number of alkyl carbamates (subject to hydrolysis) is 1. The van der Waals surface area contributed by atoms with E-state index in [1.54, 1.807) is 34.6 Å². The van der Waals surface area contributed by atoms with Crippen LogP contribution in [0.5, 0.6) is 5.75 Å². The van der Waals surface area contributed by atoms with E-state index in [2.05, 4.69) is 10.6 Å². The highest BCUT2D eigenvalue weighted by Crippen LogP contribution is 2.24. The van der Waals surface area contributed by atoms with Crippen LogP contribution in [0.4, 0.5) is 4.79 Å². The van der Waals surface area contributed by atoms with Gasteiger partial charge in [-0.3, -0.25) is 9.59 Å². The summed E-state index contributed by atoms with van der Waals surface area (Å²) in [6, 6.07) is 5.32. The summed E-state index contributed by atoms with van der Waals surface area (Å²) >= 11 is 0. The third kappa shape index (κ3) is 7.62. The van der Waals surface area contributed by atoms with Gasteiger partial charge in [-0.05, 0) is 59.2 Å². The molecule has 1 rings (SSSR count). The van der Waals surface area contributed by atoms with Crippen molar-refractivity contribution in [1.82, 2.24) is 15.5 Å². The van der Waals surface area contributed by atoms with Gasteiger partial charge in [-0.15, -0.1) is 0 Å². The lowest BCUT2D eigenvalue weighted by atomic mass is 10.0. The van der Waals surface area contributed by atoms with Crippen molar-refractivity contribution in [2.75, 3.05) is 6.54 Å². The number of ether oxygens (including phenoxy) is 1. The molecule has 3 N–H and O–H groups in total. The highest BCUT2D eigenvalue weighted by atomic mass is 16.6. The summed E-state index contributed by atoms with van der Waals surface area (Å²) < 4.78 is 5.16. The fourth-order valence-corrected chi connectivity index (χ4v) is 2.66. The number of rotatable bonds is 7. The zero-order chi connectivity index (χ0) is 23.1. The first kappa shape index (κ1) is 24.8. The van der Waals surface area contributed by atoms with Crippen molar-refractivity contribution in [3.05, 3.63) is 29.8 Å². The molecule has 0 radical (unpaired) electrons. The fourth-order valence-electron chi connectivity index (χ4n) is 2.66. The minimum absolute atomic E-state index is 0.000104. The number of hydrogen-bond acceptors (Lipinski definition) is 6. The molecule has 0 spiro atoms. The first-order valence-electron chi connectivity index (χ1n) is 9.62. The molecule has 9 heteroatoms. The Hall–Kier alpha value is -3.28. The summed E-state index contributed by atoms with van der Waals surface area (Å²) in [5.74, 6) is -1.11. The summed E-state index contributed by atoms with van der Waals surface area (Å²) in [4.78, 5) is 39.1. The molecule has 1 aromatic carbocycles. The first-order chi connectivity index (χ1) is 13.9. The number of nitrogens with one attached hydrogen (secondary N) is 2. The van der Waals surface area contributed by atoms with Crippen molar-refractivity contribution >= 4 is 17.9 Å². The number of amides is 3. The molecule has 0 aromatic heterocycles. The number of aromatic hydroxyl groups is 1. The maximum absolute atomic E-state index is 13.1. The Kier molecular flexibility index (Phi) is 8.65. The van der Waals surface area contributed by atoms with Gasteiger partial charge < -0.3 is 25.4 Å². The van der Waals surface area contributed by atoms with Gasteiger partial charge in [0.15, 0.2) is 0 Å². The van der Waals surface area contributed by atoms with Gasteiger partial charge >= 0.3 is 6.09 Å². The van der Waals surface area contributed by atoms with E-state index < -0.39 is 35.6 Å². The standard InChI is InChI=1S/C21H30N4O5/c1-13(2)23-18(27)17(15-7-9-16(26)10-8-15)25(12-11-22)19(28)14(3)24-20(29)30-21(4,5)6/h7-10,13-14,17,26H,12H2,1-6H3,(H,23,27)(H,24,29). The van der Waals surface area contributed by atoms with Gasteiger partial charge in [0.25, 0.3) is 0 Å². The Morgan fingerprint density at radius 3 is 2.17 bits per heavy atom. The normalized spacial score (nSPS) is 13.0. The van der Waals surface area contributed by atoms with Crippen molar-refractivity contribution in [2.45, 2.75) is 65.3 Å². The smallest absolute Gasteiger partial charge is 0.408 e. The maximum atomic E-state index is 13.1. The number of phenolic OH excluding ortho intramolecular Hbond substituents is 1. The molecule has 0 bridgehead atoms. The third-order valence-electron chi connectivity index (χ3n) is 3.83. The van der Waals surface area contributed by atoms with Gasteiger partial charge in [0.2, 0.25) is 11.8 Å². The highest BCUT2D eigenvalue weighted by molar-refractivity contribution is 5.92. The molecule has 0 heterocycles. The lowest BCUT2D eigenvalue weighted by Crippen LogP contribution is -2.52. The van der Waals surface area contributed by atoms with Crippen LogP contribution < -0.4 is 10.6 Å². The van der Waals surface area contributed by atoms with Gasteiger partial charge in [-0.1, -0.05) is 12.1 Å². The van der Waals surface area contributed by atoms with Crippen LogP contribution in [0.25, 0.3) is 0 Å². The maximum Gasteiger partial charge on any atom is 0.408 e. The van der Waals surface area contributed by atoms with E-state index in [1.807, 2.05) is 6.07 Å². The molecule has 0 aliphatic carbocycles. The predicted molar refractivity (Wildman–Crippen MR) is 110 cm³/mol. The van der Waals surface area contributed by atoms with E-state index in [1.165, 1.54) is 31.2 Å². The predicted octanol–water partition coefficient (Wildman–Crippen LogP) is 2.22. The van der Waals surface area contributed by atoms with Crippen LogP contribution in [0.1, 0.15) is 53.1 Å². The number of nitriles is 1. The molecule has 164 valence electrons. The van der Waals surface area contributed by atoms with Gasteiger partial charge in [-0.25, -0.2) is 4.79 Å². The van der Waals surface area contributed by atoms with Gasteiger partial charge in [0.1, 0.15) is 30.0 Å². The molecule has 0 aliphatic rings. The van der Waals surface area contributed by atoms with Crippen LogP contribution >= 0.6 is 0 Å². The molecule has 30 heavy (non-hydrogen) atoms. The number of nitrogens with zero attached hydrogens (tertiary/aromatic N) is 2. The first-order valence-corrected chi connectivity index (χ1v) is 9.62. The average molecular weight is 418 g/mol. The molecular formula is C21H30N4O5. The molecule has 0 saturated carbocycles. The molecule has 9 nitrogen and oxygen atoms in total. The minimum Gasteiger partial charge on any atom is -0.508 e. The molecule has 2 unspecified atom stereocenters. The summed E-state index contributed by atoms with van der Waals surface area (Å²) in [5, 5.41) is 24.0. The second-order valence-corrected chi connectivity index (χ2v) is 8.15. The van der Waals surface area contributed by atoms with Crippen LogP contribution in [0, 0.1) is 11.3 Å².